The highest BCUT2D eigenvalue weighted by Crippen LogP contribution is 2.23. The monoisotopic (exact) mass is 354 g/mol. The predicted molar refractivity (Wildman–Crippen MR) is 89.4 cm³/mol. The highest BCUT2D eigenvalue weighted by atomic mass is 79.9. The first-order valence-electron chi connectivity index (χ1n) is 6.95. The molecule has 0 fully saturated rings. The smallest absolute Gasteiger partial charge is 0.225 e. The van der Waals surface area contributed by atoms with Crippen molar-refractivity contribution < 1.29 is 9.59 Å². The van der Waals surface area contributed by atoms with E-state index in [9.17, 15) is 9.59 Å². The number of carbonyl (C=O) groups excluding carboxylic acids is 2. The summed E-state index contributed by atoms with van der Waals surface area (Å²) in [7, 11) is 0. The zero-order valence-electron chi connectivity index (χ0n) is 13.3. The van der Waals surface area contributed by atoms with E-state index in [1.807, 2.05) is 45.9 Å². The van der Waals surface area contributed by atoms with Crippen molar-refractivity contribution in [1.82, 2.24) is 5.32 Å². The molecule has 1 aromatic carbocycles. The Balaban J connectivity index is 2.73. The summed E-state index contributed by atoms with van der Waals surface area (Å²) in [5.41, 5.74) is 1.52. The van der Waals surface area contributed by atoms with Crippen LogP contribution < -0.4 is 10.2 Å². The molecule has 0 spiro atoms. The van der Waals surface area contributed by atoms with Crippen LogP contribution in [0.3, 0.4) is 0 Å². The quantitative estimate of drug-likeness (QED) is 0.901. The maximum Gasteiger partial charge on any atom is 0.225 e. The van der Waals surface area contributed by atoms with Crippen molar-refractivity contribution in [2.75, 3.05) is 18.0 Å². The van der Waals surface area contributed by atoms with Gasteiger partial charge in [-0.05, 0) is 24.6 Å². The number of anilines is 1. The van der Waals surface area contributed by atoms with Crippen LogP contribution in [0.5, 0.6) is 0 Å². The Morgan fingerprint density at radius 2 is 1.90 bits per heavy atom. The Morgan fingerprint density at radius 3 is 2.38 bits per heavy atom. The zero-order valence-corrected chi connectivity index (χ0v) is 14.9. The lowest BCUT2D eigenvalue weighted by Crippen LogP contribution is -2.41. The highest BCUT2D eigenvalue weighted by Gasteiger charge is 2.21. The molecule has 0 aliphatic rings. The number of hydrogen-bond acceptors (Lipinski definition) is 2. The molecule has 0 aliphatic carbocycles. The first kappa shape index (κ1) is 17.7. The van der Waals surface area contributed by atoms with Gasteiger partial charge in [0, 0.05) is 35.6 Å². The van der Waals surface area contributed by atoms with Gasteiger partial charge in [-0.3, -0.25) is 9.59 Å². The highest BCUT2D eigenvalue weighted by molar-refractivity contribution is 9.10. The van der Waals surface area contributed by atoms with Crippen molar-refractivity contribution in [3.63, 3.8) is 0 Å². The van der Waals surface area contributed by atoms with Crippen LogP contribution >= 0.6 is 15.9 Å². The van der Waals surface area contributed by atoms with E-state index in [2.05, 4.69) is 21.2 Å². The molecule has 21 heavy (non-hydrogen) atoms. The molecular weight excluding hydrogens is 332 g/mol. The third kappa shape index (κ3) is 5.16. The summed E-state index contributed by atoms with van der Waals surface area (Å²) in [6.45, 7) is 10.00. The molecule has 1 N–H and O–H groups in total. The summed E-state index contributed by atoms with van der Waals surface area (Å²) in [5.74, 6) is -0.0631. The van der Waals surface area contributed by atoms with Crippen molar-refractivity contribution in [2.45, 2.75) is 34.6 Å². The number of nitrogens with zero attached hydrogens (tertiary/aromatic N) is 1. The molecule has 0 saturated heterocycles. The SMILES string of the molecule is CC(=O)N(CCNC(=O)C(C)(C)C)c1ccc(C)c(Br)c1. The fourth-order valence-corrected chi connectivity index (χ4v) is 2.13. The first-order valence-corrected chi connectivity index (χ1v) is 7.75. The van der Waals surface area contributed by atoms with Crippen LogP contribution in [0.25, 0.3) is 0 Å². The number of carbonyl (C=O) groups is 2. The van der Waals surface area contributed by atoms with Gasteiger partial charge in [-0.25, -0.2) is 0 Å². The van der Waals surface area contributed by atoms with E-state index in [0.717, 1.165) is 15.7 Å². The molecule has 0 radical (unpaired) electrons. The summed E-state index contributed by atoms with van der Waals surface area (Å²) >= 11 is 3.47. The van der Waals surface area contributed by atoms with Crippen LogP contribution in [0.15, 0.2) is 22.7 Å². The standard InChI is InChI=1S/C16H23BrN2O2/c1-11-6-7-13(10-14(11)17)19(12(2)20)9-8-18-15(21)16(3,4)5/h6-7,10H,8-9H2,1-5H3,(H,18,21). The minimum Gasteiger partial charge on any atom is -0.354 e. The largest absolute Gasteiger partial charge is 0.354 e. The summed E-state index contributed by atoms with van der Waals surface area (Å²) in [6, 6.07) is 5.79. The molecule has 0 heterocycles. The number of nitrogens with one attached hydrogen (secondary N) is 1. The number of amides is 2. The Hall–Kier alpha value is -1.36. The summed E-state index contributed by atoms with van der Waals surface area (Å²) in [5, 5.41) is 2.86. The van der Waals surface area contributed by atoms with E-state index >= 15 is 0 Å². The minimum absolute atomic E-state index is 0.0175. The maximum atomic E-state index is 11.8. The topological polar surface area (TPSA) is 49.4 Å². The number of halogens is 1. The Kier molecular flexibility index (Phi) is 5.96. The lowest BCUT2D eigenvalue weighted by Gasteiger charge is -2.23. The molecule has 0 aromatic heterocycles. The van der Waals surface area contributed by atoms with E-state index < -0.39 is 5.41 Å². The van der Waals surface area contributed by atoms with Gasteiger partial charge in [0.2, 0.25) is 11.8 Å². The fraction of sp³-hybridized carbons (Fsp3) is 0.500. The Morgan fingerprint density at radius 1 is 1.29 bits per heavy atom. The van der Waals surface area contributed by atoms with Gasteiger partial charge in [0.25, 0.3) is 0 Å². The van der Waals surface area contributed by atoms with Crippen LogP contribution in [0.2, 0.25) is 0 Å². The zero-order chi connectivity index (χ0) is 16.2. The number of hydrogen-bond donors (Lipinski definition) is 1. The average Bonchev–Trinajstić information content (AvgIpc) is 2.36. The third-order valence-electron chi connectivity index (χ3n) is 3.15. The average molecular weight is 355 g/mol. The second-order valence-corrected chi connectivity index (χ2v) is 6.96. The van der Waals surface area contributed by atoms with Crippen molar-refractivity contribution in [2.24, 2.45) is 5.41 Å². The van der Waals surface area contributed by atoms with Gasteiger partial charge < -0.3 is 10.2 Å². The van der Waals surface area contributed by atoms with Crippen molar-refractivity contribution in [1.29, 1.82) is 0 Å². The molecule has 2 amide bonds. The van der Waals surface area contributed by atoms with Crippen LogP contribution in [-0.4, -0.2) is 24.9 Å². The van der Waals surface area contributed by atoms with Gasteiger partial charge >= 0.3 is 0 Å². The molecule has 4 nitrogen and oxygen atoms in total. The Labute approximate surface area is 135 Å². The number of rotatable bonds is 4. The minimum atomic E-state index is -0.423. The summed E-state index contributed by atoms with van der Waals surface area (Å²) in [6.07, 6.45) is 0. The molecule has 0 saturated carbocycles. The molecule has 0 bridgehead atoms. The molecular formula is C16H23BrN2O2. The molecule has 1 aromatic rings. The maximum absolute atomic E-state index is 11.8. The molecule has 0 aliphatic heterocycles. The van der Waals surface area contributed by atoms with Crippen molar-refractivity contribution in [3.05, 3.63) is 28.2 Å². The van der Waals surface area contributed by atoms with Gasteiger partial charge in [0.1, 0.15) is 0 Å². The van der Waals surface area contributed by atoms with E-state index in [4.69, 9.17) is 0 Å². The molecule has 0 atom stereocenters. The third-order valence-corrected chi connectivity index (χ3v) is 4.00. The van der Waals surface area contributed by atoms with Gasteiger partial charge in [-0.2, -0.15) is 0 Å². The van der Waals surface area contributed by atoms with Gasteiger partial charge in [-0.1, -0.05) is 42.8 Å². The second-order valence-electron chi connectivity index (χ2n) is 6.11. The van der Waals surface area contributed by atoms with Crippen LogP contribution in [0.4, 0.5) is 5.69 Å². The number of benzene rings is 1. The van der Waals surface area contributed by atoms with Crippen LogP contribution in [0, 0.1) is 12.3 Å². The van der Waals surface area contributed by atoms with Crippen molar-refractivity contribution >= 4 is 33.4 Å². The summed E-state index contributed by atoms with van der Waals surface area (Å²) < 4.78 is 0.963. The lowest BCUT2D eigenvalue weighted by molar-refractivity contribution is -0.128. The van der Waals surface area contributed by atoms with Crippen molar-refractivity contribution in [3.8, 4) is 0 Å². The van der Waals surface area contributed by atoms with Crippen LogP contribution in [-0.2, 0) is 9.59 Å². The number of aryl methyl sites for hydroxylation is 1. The molecule has 116 valence electrons. The normalized spacial score (nSPS) is 11.1. The first-order chi connectivity index (χ1) is 9.62. The second kappa shape index (κ2) is 7.07. The van der Waals surface area contributed by atoms with E-state index in [1.54, 1.807) is 4.90 Å². The lowest BCUT2D eigenvalue weighted by atomic mass is 9.96. The molecule has 1 rings (SSSR count). The fourth-order valence-electron chi connectivity index (χ4n) is 1.76. The van der Waals surface area contributed by atoms with Gasteiger partial charge in [0.05, 0.1) is 0 Å². The molecule has 5 heteroatoms. The van der Waals surface area contributed by atoms with Crippen LogP contribution in [0.1, 0.15) is 33.3 Å². The predicted octanol–water partition coefficient (Wildman–Crippen LogP) is 3.27. The summed E-state index contributed by atoms with van der Waals surface area (Å²) in [4.78, 5) is 25.3. The van der Waals surface area contributed by atoms with E-state index in [0.29, 0.717) is 13.1 Å². The van der Waals surface area contributed by atoms with Gasteiger partial charge in [-0.15, -0.1) is 0 Å². The molecule has 0 unspecified atom stereocenters. The van der Waals surface area contributed by atoms with Gasteiger partial charge in [0.15, 0.2) is 0 Å². The van der Waals surface area contributed by atoms with E-state index in [-0.39, 0.29) is 11.8 Å². The van der Waals surface area contributed by atoms with E-state index in [1.165, 1.54) is 6.92 Å². The Bertz CT molecular complexity index is 536.